The van der Waals surface area contributed by atoms with E-state index in [2.05, 4.69) is 20.7 Å². The summed E-state index contributed by atoms with van der Waals surface area (Å²) < 4.78 is 9.39. The lowest BCUT2D eigenvalue weighted by atomic mass is 10.0. The highest BCUT2D eigenvalue weighted by molar-refractivity contribution is 5.98. The summed E-state index contributed by atoms with van der Waals surface area (Å²) in [5, 5.41) is 26.8. The quantitative estimate of drug-likeness (QED) is 0.187. The van der Waals surface area contributed by atoms with E-state index in [9.17, 15) is 33.6 Å². The number of carbonyl (C=O) groups excluding carboxylic acids is 5. The Hall–Kier alpha value is -3.91. The number of methoxy groups -OCH3 is 1. The summed E-state index contributed by atoms with van der Waals surface area (Å²) >= 11 is 0. The molecule has 15 heteroatoms. The van der Waals surface area contributed by atoms with E-state index in [1.54, 1.807) is 34.6 Å². The zero-order valence-electron chi connectivity index (χ0n) is 21.7. The lowest BCUT2D eigenvalue weighted by Crippen LogP contribution is -2.57. The van der Waals surface area contributed by atoms with E-state index in [1.807, 2.05) is 5.32 Å². The van der Waals surface area contributed by atoms with Gasteiger partial charge in [0.05, 0.1) is 13.5 Å². The third kappa shape index (κ3) is 14.9. The van der Waals surface area contributed by atoms with Crippen molar-refractivity contribution in [2.75, 3.05) is 7.11 Å². The number of amides is 5. The molecule has 0 aromatic rings. The zero-order valence-corrected chi connectivity index (χ0v) is 21.7. The Labute approximate surface area is 214 Å². The molecule has 0 aliphatic rings. The van der Waals surface area contributed by atoms with Crippen molar-refractivity contribution >= 4 is 41.8 Å². The molecule has 1 unspecified atom stereocenters. The van der Waals surface area contributed by atoms with Gasteiger partial charge in [0.25, 0.3) is 5.91 Å². The van der Waals surface area contributed by atoms with Crippen LogP contribution in [0.2, 0.25) is 0 Å². The van der Waals surface area contributed by atoms with Gasteiger partial charge in [0.2, 0.25) is 11.8 Å². The van der Waals surface area contributed by atoms with Gasteiger partial charge >= 0.3 is 24.1 Å². The molecule has 0 heterocycles. The van der Waals surface area contributed by atoms with Crippen LogP contribution in [0.25, 0.3) is 0 Å². The zero-order chi connectivity index (χ0) is 28.9. The lowest BCUT2D eigenvalue weighted by Gasteiger charge is -2.26. The Balaban J connectivity index is 5.77. The number of carbonyl (C=O) groups is 7. The molecule has 0 aliphatic carbocycles. The van der Waals surface area contributed by atoms with E-state index in [4.69, 9.17) is 14.9 Å². The third-order valence-electron chi connectivity index (χ3n) is 4.42. The van der Waals surface area contributed by atoms with Gasteiger partial charge in [-0.1, -0.05) is 13.8 Å². The van der Waals surface area contributed by atoms with E-state index < -0.39 is 84.8 Å². The first-order valence-electron chi connectivity index (χ1n) is 11.4. The van der Waals surface area contributed by atoms with Gasteiger partial charge in [0.15, 0.2) is 0 Å². The van der Waals surface area contributed by atoms with E-state index in [0.717, 1.165) is 7.11 Å². The number of imide groups is 1. The number of carboxylic acids is 2. The molecule has 5 amide bonds. The molecule has 0 radical (unpaired) electrons. The fraction of sp³-hybridized carbons (Fsp3) is 0.682. The normalized spacial score (nSPS) is 13.4. The largest absolute Gasteiger partial charge is 0.481 e. The van der Waals surface area contributed by atoms with Crippen molar-refractivity contribution in [3.05, 3.63) is 0 Å². The minimum absolute atomic E-state index is 0.0794. The van der Waals surface area contributed by atoms with Gasteiger partial charge in [0, 0.05) is 6.42 Å². The van der Waals surface area contributed by atoms with Crippen LogP contribution in [0.1, 0.15) is 60.3 Å². The number of aliphatic carboxylic acids is 2. The summed E-state index contributed by atoms with van der Waals surface area (Å²) in [6.45, 7) is 8.14. The van der Waals surface area contributed by atoms with Crippen LogP contribution < -0.4 is 21.3 Å². The number of ether oxygens (including phenoxy) is 2. The van der Waals surface area contributed by atoms with Crippen molar-refractivity contribution in [1.29, 1.82) is 0 Å². The Bertz CT molecular complexity index is 867. The van der Waals surface area contributed by atoms with E-state index in [0.29, 0.717) is 0 Å². The van der Waals surface area contributed by atoms with Crippen LogP contribution in [0.3, 0.4) is 0 Å². The molecule has 15 nitrogen and oxygen atoms in total. The van der Waals surface area contributed by atoms with Gasteiger partial charge < -0.3 is 35.6 Å². The maximum Gasteiger partial charge on any atom is 0.413 e. The van der Waals surface area contributed by atoms with Crippen LogP contribution in [0.15, 0.2) is 0 Å². The van der Waals surface area contributed by atoms with Crippen LogP contribution in [-0.2, 0) is 33.4 Å². The summed E-state index contributed by atoms with van der Waals surface area (Å²) in [6, 6.07) is -4.44. The van der Waals surface area contributed by atoms with Crippen LogP contribution >= 0.6 is 0 Å². The first kappa shape index (κ1) is 33.1. The molecule has 0 aliphatic heterocycles. The van der Waals surface area contributed by atoms with Crippen LogP contribution in [0, 0.1) is 5.92 Å². The van der Waals surface area contributed by atoms with Crippen LogP contribution in [-0.4, -0.2) is 82.9 Å². The van der Waals surface area contributed by atoms with Crippen molar-refractivity contribution in [2.24, 2.45) is 5.92 Å². The summed E-state index contributed by atoms with van der Waals surface area (Å²) in [5.74, 6) is -5.82. The second-order valence-electron chi connectivity index (χ2n) is 9.46. The van der Waals surface area contributed by atoms with Crippen molar-refractivity contribution < 1.29 is 53.2 Å². The fourth-order valence-corrected chi connectivity index (χ4v) is 2.86. The molecule has 0 bridgehead atoms. The molecule has 0 saturated carbocycles. The highest BCUT2D eigenvalue weighted by Gasteiger charge is 2.32. The highest BCUT2D eigenvalue weighted by Crippen LogP contribution is 2.09. The molecule has 0 aromatic carbocycles. The molecular weight excluding hydrogens is 496 g/mol. The molecule has 0 saturated heterocycles. The number of hydrogen-bond donors (Lipinski definition) is 6. The first-order valence-corrected chi connectivity index (χ1v) is 11.4. The number of rotatable bonds is 13. The first-order chi connectivity index (χ1) is 16.9. The summed E-state index contributed by atoms with van der Waals surface area (Å²) in [5.41, 5.74) is -0.950. The average Bonchev–Trinajstić information content (AvgIpc) is 2.72. The molecule has 6 N–H and O–H groups in total. The number of hydrogen-bond acceptors (Lipinski definition) is 9. The van der Waals surface area contributed by atoms with Crippen LogP contribution in [0.4, 0.5) is 9.59 Å². The molecular formula is C22H36N4O11. The second kappa shape index (κ2) is 15.3. The summed E-state index contributed by atoms with van der Waals surface area (Å²) in [6.07, 6.45) is -3.92. The van der Waals surface area contributed by atoms with Crippen molar-refractivity contribution in [2.45, 2.75) is 84.0 Å². The molecule has 3 atom stereocenters. The molecule has 210 valence electrons. The van der Waals surface area contributed by atoms with Crippen molar-refractivity contribution in [1.82, 2.24) is 21.3 Å². The van der Waals surface area contributed by atoms with Crippen molar-refractivity contribution in [3.63, 3.8) is 0 Å². The van der Waals surface area contributed by atoms with Gasteiger partial charge in [-0.05, 0) is 39.5 Å². The molecule has 0 spiro atoms. The topological polar surface area (TPSA) is 227 Å². The van der Waals surface area contributed by atoms with Crippen LogP contribution in [0.5, 0.6) is 0 Å². The Kier molecular flexibility index (Phi) is 13.6. The van der Waals surface area contributed by atoms with E-state index >= 15 is 0 Å². The highest BCUT2D eigenvalue weighted by atomic mass is 16.6. The standard InChI is InChI=1S/C22H36N4O11/c1-11(2)9-13(19(33)26-20(34)36-6)24-17(31)12(7-8-15(27)28)23-18(32)14(10-16(29)30)25-21(35)37-22(3,4)5/h11-14H,7-10H2,1-6H3,(H,23,32)(H,24,31)(H,25,35)(H,27,28)(H,29,30)(H,26,33,34)/t12-,13-,14?/m0/s1. The maximum absolute atomic E-state index is 13.0. The van der Waals surface area contributed by atoms with Gasteiger partial charge in [-0.25, -0.2) is 9.59 Å². The Morgan fingerprint density at radius 2 is 1.30 bits per heavy atom. The number of carboxylic acid groups (broad SMARTS) is 2. The minimum atomic E-state index is -1.67. The predicted molar refractivity (Wildman–Crippen MR) is 126 cm³/mol. The molecule has 37 heavy (non-hydrogen) atoms. The van der Waals surface area contributed by atoms with E-state index in [1.165, 1.54) is 0 Å². The maximum atomic E-state index is 13.0. The third-order valence-corrected chi connectivity index (χ3v) is 4.42. The second-order valence-corrected chi connectivity index (χ2v) is 9.46. The van der Waals surface area contributed by atoms with Gasteiger partial charge in [-0.15, -0.1) is 0 Å². The Morgan fingerprint density at radius 1 is 0.757 bits per heavy atom. The molecule has 0 fully saturated rings. The van der Waals surface area contributed by atoms with E-state index in [-0.39, 0.29) is 12.3 Å². The number of nitrogens with one attached hydrogen (secondary N) is 4. The predicted octanol–water partition coefficient (Wildman–Crippen LogP) is 0.118. The summed E-state index contributed by atoms with van der Waals surface area (Å²) in [4.78, 5) is 84.0. The minimum Gasteiger partial charge on any atom is -0.481 e. The Morgan fingerprint density at radius 3 is 1.76 bits per heavy atom. The molecule has 0 aromatic heterocycles. The van der Waals surface area contributed by atoms with Gasteiger partial charge in [0.1, 0.15) is 23.7 Å². The SMILES string of the molecule is COC(=O)NC(=O)[C@H](CC(C)C)NC(=O)[C@H](CCC(=O)O)NC(=O)C(CC(=O)O)NC(=O)OC(C)(C)C. The lowest BCUT2D eigenvalue weighted by molar-refractivity contribution is -0.140. The average molecular weight is 533 g/mol. The molecule has 0 rings (SSSR count). The monoisotopic (exact) mass is 532 g/mol. The number of alkyl carbamates (subject to hydrolysis) is 2. The summed E-state index contributed by atoms with van der Waals surface area (Å²) in [7, 11) is 1.04. The van der Waals surface area contributed by atoms with Gasteiger partial charge in [-0.2, -0.15) is 0 Å². The van der Waals surface area contributed by atoms with Crippen molar-refractivity contribution in [3.8, 4) is 0 Å². The smallest absolute Gasteiger partial charge is 0.413 e. The fourth-order valence-electron chi connectivity index (χ4n) is 2.86. The van der Waals surface area contributed by atoms with Gasteiger partial charge in [-0.3, -0.25) is 29.3 Å².